The van der Waals surface area contributed by atoms with Crippen molar-refractivity contribution in [1.29, 1.82) is 0 Å². The normalized spacial score (nSPS) is 19.0. The van der Waals surface area contributed by atoms with Crippen molar-refractivity contribution in [3.63, 3.8) is 0 Å². The third kappa shape index (κ3) is 4.93. The summed E-state index contributed by atoms with van der Waals surface area (Å²) < 4.78 is 11.3. The van der Waals surface area contributed by atoms with Gasteiger partial charge in [0.1, 0.15) is 0 Å². The first kappa shape index (κ1) is 16.2. The number of amides is 1. The maximum Gasteiger partial charge on any atom is 0.251 e. The third-order valence-electron chi connectivity index (χ3n) is 4.05. The summed E-state index contributed by atoms with van der Waals surface area (Å²) in [6, 6.07) is 7.40. The van der Waals surface area contributed by atoms with Crippen molar-refractivity contribution in [2.75, 3.05) is 25.9 Å². The van der Waals surface area contributed by atoms with Crippen LogP contribution in [0.2, 0.25) is 0 Å². The number of hydrogen-bond acceptors (Lipinski definition) is 3. The van der Waals surface area contributed by atoms with E-state index in [1.807, 2.05) is 24.3 Å². The molecule has 1 aromatic rings. The van der Waals surface area contributed by atoms with E-state index in [1.165, 1.54) is 0 Å². The van der Waals surface area contributed by atoms with Gasteiger partial charge in [0.25, 0.3) is 5.91 Å². The summed E-state index contributed by atoms with van der Waals surface area (Å²) in [6.07, 6.45) is 3.84. The Labute approximate surface area is 129 Å². The van der Waals surface area contributed by atoms with Crippen LogP contribution in [0.15, 0.2) is 24.3 Å². The molecule has 1 unspecified atom stereocenters. The van der Waals surface area contributed by atoms with E-state index in [9.17, 15) is 9.00 Å². The summed E-state index contributed by atoms with van der Waals surface area (Å²) in [5, 5.41) is 6.39. The number of piperidine rings is 1. The van der Waals surface area contributed by atoms with Crippen LogP contribution in [0.25, 0.3) is 0 Å². The van der Waals surface area contributed by atoms with E-state index in [0.29, 0.717) is 17.9 Å². The highest BCUT2D eigenvalue weighted by Gasteiger charge is 2.27. The lowest BCUT2D eigenvalue weighted by Gasteiger charge is -2.34. The van der Waals surface area contributed by atoms with Crippen LogP contribution in [-0.2, 0) is 16.6 Å². The van der Waals surface area contributed by atoms with Crippen LogP contribution in [0.1, 0.15) is 35.7 Å². The Morgan fingerprint density at radius 2 is 2.10 bits per heavy atom. The largest absolute Gasteiger partial charge is 0.351 e. The molecule has 116 valence electrons. The highest BCUT2D eigenvalue weighted by atomic mass is 32.2. The van der Waals surface area contributed by atoms with E-state index in [4.69, 9.17) is 0 Å². The summed E-state index contributed by atoms with van der Waals surface area (Å²) in [4.78, 5) is 12.3. The van der Waals surface area contributed by atoms with Gasteiger partial charge in [-0.05, 0) is 49.0 Å². The number of rotatable bonds is 5. The van der Waals surface area contributed by atoms with Crippen LogP contribution in [0.4, 0.5) is 0 Å². The molecule has 1 aliphatic heterocycles. The molecule has 0 aromatic heterocycles. The number of hydrogen-bond donors (Lipinski definition) is 2. The van der Waals surface area contributed by atoms with Crippen molar-refractivity contribution in [2.45, 2.75) is 25.5 Å². The SMILES string of the molecule is CS(=O)Cc1cccc(C(=O)NCC2(C)CCNCC2)c1. The second kappa shape index (κ2) is 7.18. The van der Waals surface area contributed by atoms with Crippen molar-refractivity contribution in [1.82, 2.24) is 10.6 Å². The predicted molar refractivity (Wildman–Crippen MR) is 86.8 cm³/mol. The highest BCUT2D eigenvalue weighted by Crippen LogP contribution is 2.26. The second-order valence-electron chi connectivity index (χ2n) is 6.16. The molecule has 0 saturated carbocycles. The maximum atomic E-state index is 12.3. The second-order valence-corrected chi connectivity index (χ2v) is 7.60. The molecule has 5 heteroatoms. The topological polar surface area (TPSA) is 58.2 Å². The standard InChI is InChI=1S/C16H24N2O2S/c1-16(6-8-17-9-7-16)12-18-15(19)14-5-3-4-13(10-14)11-21(2)20/h3-5,10,17H,6-9,11-12H2,1-2H3,(H,18,19). The third-order valence-corrected chi connectivity index (χ3v) is 4.79. The Balaban J connectivity index is 1.95. The minimum Gasteiger partial charge on any atom is -0.351 e. The van der Waals surface area contributed by atoms with Gasteiger partial charge in [0.15, 0.2) is 0 Å². The predicted octanol–water partition coefficient (Wildman–Crippen LogP) is 1.68. The maximum absolute atomic E-state index is 12.3. The lowest BCUT2D eigenvalue weighted by Crippen LogP contribution is -2.42. The molecule has 0 spiro atoms. The van der Waals surface area contributed by atoms with Gasteiger partial charge in [-0.1, -0.05) is 19.1 Å². The zero-order chi connectivity index (χ0) is 15.3. The van der Waals surface area contributed by atoms with Crippen molar-refractivity contribution in [3.05, 3.63) is 35.4 Å². The Hall–Kier alpha value is -1.20. The Morgan fingerprint density at radius 1 is 1.38 bits per heavy atom. The van der Waals surface area contributed by atoms with Gasteiger partial charge in [-0.3, -0.25) is 9.00 Å². The van der Waals surface area contributed by atoms with Gasteiger partial charge < -0.3 is 10.6 Å². The van der Waals surface area contributed by atoms with Crippen molar-refractivity contribution < 1.29 is 9.00 Å². The van der Waals surface area contributed by atoms with E-state index in [2.05, 4.69) is 17.6 Å². The number of carbonyl (C=O) groups is 1. The molecule has 1 saturated heterocycles. The molecule has 0 radical (unpaired) electrons. The molecular formula is C16H24N2O2S. The molecule has 2 N–H and O–H groups in total. The van der Waals surface area contributed by atoms with Crippen LogP contribution < -0.4 is 10.6 Å². The average Bonchev–Trinajstić information content (AvgIpc) is 2.45. The number of benzene rings is 1. The van der Waals surface area contributed by atoms with Gasteiger partial charge in [0, 0.05) is 34.9 Å². The molecule has 1 heterocycles. The minimum atomic E-state index is -0.891. The quantitative estimate of drug-likeness (QED) is 0.870. The molecule has 4 nitrogen and oxygen atoms in total. The highest BCUT2D eigenvalue weighted by molar-refractivity contribution is 7.83. The summed E-state index contributed by atoms with van der Waals surface area (Å²) in [5.74, 6) is 0.448. The van der Waals surface area contributed by atoms with Crippen molar-refractivity contribution in [2.24, 2.45) is 5.41 Å². The van der Waals surface area contributed by atoms with Crippen molar-refractivity contribution >= 4 is 16.7 Å². The zero-order valence-corrected chi connectivity index (χ0v) is 13.6. The fraction of sp³-hybridized carbons (Fsp3) is 0.562. The van der Waals surface area contributed by atoms with Gasteiger partial charge in [-0.2, -0.15) is 0 Å². The molecular weight excluding hydrogens is 284 g/mol. The fourth-order valence-corrected chi connectivity index (χ4v) is 3.29. The Kier molecular flexibility index (Phi) is 5.53. The minimum absolute atomic E-state index is 0.0431. The lowest BCUT2D eigenvalue weighted by molar-refractivity contribution is 0.0922. The van der Waals surface area contributed by atoms with Gasteiger partial charge in [-0.25, -0.2) is 0 Å². The molecule has 1 amide bonds. The lowest BCUT2D eigenvalue weighted by atomic mass is 9.81. The van der Waals surface area contributed by atoms with Gasteiger partial charge >= 0.3 is 0 Å². The van der Waals surface area contributed by atoms with E-state index in [1.54, 1.807) is 6.26 Å². The zero-order valence-electron chi connectivity index (χ0n) is 12.8. The van der Waals surface area contributed by atoms with E-state index >= 15 is 0 Å². The molecule has 1 aliphatic rings. The first-order valence-corrected chi connectivity index (χ1v) is 9.09. The van der Waals surface area contributed by atoms with E-state index in [-0.39, 0.29) is 11.3 Å². The smallest absolute Gasteiger partial charge is 0.251 e. The summed E-state index contributed by atoms with van der Waals surface area (Å²) >= 11 is 0. The van der Waals surface area contributed by atoms with E-state index < -0.39 is 10.8 Å². The summed E-state index contributed by atoms with van der Waals surface area (Å²) in [7, 11) is -0.891. The van der Waals surface area contributed by atoms with Crippen LogP contribution in [0.5, 0.6) is 0 Å². The van der Waals surface area contributed by atoms with Crippen molar-refractivity contribution in [3.8, 4) is 0 Å². The molecule has 0 bridgehead atoms. The summed E-state index contributed by atoms with van der Waals surface area (Å²) in [6.45, 7) is 4.97. The molecule has 2 rings (SSSR count). The number of carbonyl (C=O) groups excluding carboxylic acids is 1. The first-order chi connectivity index (χ1) is 9.98. The molecule has 21 heavy (non-hydrogen) atoms. The van der Waals surface area contributed by atoms with Crippen LogP contribution >= 0.6 is 0 Å². The Bertz CT molecular complexity index is 525. The van der Waals surface area contributed by atoms with Crippen LogP contribution in [-0.4, -0.2) is 36.0 Å². The van der Waals surface area contributed by atoms with Gasteiger partial charge in [0.05, 0.1) is 0 Å². The fourth-order valence-electron chi connectivity index (χ4n) is 2.64. The monoisotopic (exact) mass is 308 g/mol. The molecule has 1 atom stereocenters. The summed E-state index contributed by atoms with van der Waals surface area (Å²) in [5.41, 5.74) is 1.77. The first-order valence-electron chi connectivity index (χ1n) is 7.36. The number of nitrogens with one attached hydrogen (secondary N) is 2. The molecule has 1 aromatic carbocycles. The van der Waals surface area contributed by atoms with Gasteiger partial charge in [-0.15, -0.1) is 0 Å². The molecule has 1 fully saturated rings. The van der Waals surface area contributed by atoms with Crippen LogP contribution in [0.3, 0.4) is 0 Å². The molecule has 0 aliphatic carbocycles. The van der Waals surface area contributed by atoms with Crippen LogP contribution in [0, 0.1) is 5.41 Å². The average molecular weight is 308 g/mol. The van der Waals surface area contributed by atoms with Gasteiger partial charge in [0.2, 0.25) is 0 Å². The Morgan fingerprint density at radius 3 is 2.76 bits per heavy atom. The van der Waals surface area contributed by atoms with E-state index in [0.717, 1.165) is 31.5 Å².